The van der Waals surface area contributed by atoms with Crippen LogP contribution < -0.4 is 16.2 Å². The molecule has 0 saturated carbocycles. The zero-order valence-corrected chi connectivity index (χ0v) is 14.0. The van der Waals surface area contributed by atoms with Crippen LogP contribution in [0.3, 0.4) is 0 Å². The van der Waals surface area contributed by atoms with Crippen molar-refractivity contribution >= 4 is 12.1 Å². The zero-order valence-electron chi connectivity index (χ0n) is 14.0. The number of carbonyl (C=O) groups is 2. The molecule has 0 aliphatic carbocycles. The van der Waals surface area contributed by atoms with Crippen LogP contribution >= 0.6 is 0 Å². The molecule has 4 rings (SSSR count). The van der Waals surface area contributed by atoms with Gasteiger partial charge in [0.1, 0.15) is 0 Å². The molecule has 7 nitrogen and oxygen atoms in total. The lowest BCUT2D eigenvalue weighted by Gasteiger charge is -2.52. The molecule has 0 bridgehead atoms. The summed E-state index contributed by atoms with van der Waals surface area (Å²) in [6.07, 6.45) is 0. The number of nitrogens with one attached hydrogen (secondary N) is 3. The van der Waals surface area contributed by atoms with E-state index in [-0.39, 0.29) is 6.03 Å². The van der Waals surface area contributed by atoms with Crippen molar-refractivity contribution in [3.05, 3.63) is 71.8 Å². The van der Waals surface area contributed by atoms with Crippen molar-refractivity contribution in [2.75, 3.05) is 14.1 Å². The number of nitrogens with zero attached hydrogens (tertiary/aromatic N) is 2. The molecular weight excluding hydrogens is 318 g/mol. The maximum absolute atomic E-state index is 13.0. The summed E-state index contributed by atoms with van der Waals surface area (Å²) < 4.78 is 0. The van der Waals surface area contributed by atoms with Crippen LogP contribution in [0.25, 0.3) is 0 Å². The summed E-state index contributed by atoms with van der Waals surface area (Å²) in [7, 11) is 3.42. The van der Waals surface area contributed by atoms with E-state index in [4.69, 9.17) is 0 Å². The predicted molar refractivity (Wildman–Crippen MR) is 92.0 cm³/mol. The maximum atomic E-state index is 13.0. The lowest BCUT2D eigenvalue weighted by molar-refractivity contribution is -0.0199. The molecule has 2 aromatic rings. The third-order valence-electron chi connectivity index (χ3n) is 5.14. The second-order valence-electron chi connectivity index (χ2n) is 6.26. The Morgan fingerprint density at radius 2 is 1.24 bits per heavy atom. The van der Waals surface area contributed by atoms with Crippen molar-refractivity contribution in [2.45, 2.75) is 11.3 Å². The van der Waals surface area contributed by atoms with E-state index >= 15 is 0 Å². The Labute approximate surface area is 145 Å². The molecule has 2 fully saturated rings. The largest absolute Gasteiger partial charge is 0.331 e. The average molecular weight is 337 g/mol. The second kappa shape index (κ2) is 5.22. The van der Waals surface area contributed by atoms with Gasteiger partial charge < -0.3 is 5.32 Å². The van der Waals surface area contributed by atoms with E-state index in [1.54, 1.807) is 23.9 Å². The molecule has 7 heteroatoms. The molecule has 25 heavy (non-hydrogen) atoms. The first-order chi connectivity index (χ1) is 12.0. The molecule has 2 atom stereocenters. The first kappa shape index (κ1) is 15.5. The molecule has 4 amide bonds. The van der Waals surface area contributed by atoms with Gasteiger partial charge in [-0.1, -0.05) is 60.7 Å². The van der Waals surface area contributed by atoms with Gasteiger partial charge >= 0.3 is 12.1 Å². The predicted octanol–water partition coefficient (Wildman–Crippen LogP) is 1.51. The van der Waals surface area contributed by atoms with Gasteiger partial charge in [-0.05, 0) is 5.56 Å². The number of rotatable bonds is 2. The Balaban J connectivity index is 2.06. The summed E-state index contributed by atoms with van der Waals surface area (Å²) in [6.45, 7) is 0. The fraction of sp³-hybridized carbons (Fsp3) is 0.222. The van der Waals surface area contributed by atoms with Crippen molar-refractivity contribution in [2.24, 2.45) is 0 Å². The number of likely N-dealkylation sites (N-methyl/N-ethyl adjacent to an activating group) is 2. The quantitative estimate of drug-likeness (QED) is 0.777. The van der Waals surface area contributed by atoms with Crippen LogP contribution in [-0.4, -0.2) is 36.0 Å². The fourth-order valence-electron chi connectivity index (χ4n) is 4.00. The van der Waals surface area contributed by atoms with Crippen LogP contribution in [-0.2, 0) is 11.3 Å². The molecule has 2 aliphatic rings. The molecule has 2 saturated heterocycles. The number of hydrogen-bond acceptors (Lipinski definition) is 3. The first-order valence-electron chi connectivity index (χ1n) is 8.02. The van der Waals surface area contributed by atoms with Gasteiger partial charge in [-0.2, -0.15) is 5.43 Å². The number of hydrogen-bond donors (Lipinski definition) is 3. The first-order valence-corrected chi connectivity index (χ1v) is 8.02. The highest BCUT2D eigenvalue weighted by atomic mass is 16.2. The third kappa shape index (κ3) is 1.78. The Kier molecular flexibility index (Phi) is 3.23. The minimum absolute atomic E-state index is 0.204. The molecule has 0 radical (unpaired) electrons. The van der Waals surface area contributed by atoms with E-state index in [9.17, 15) is 9.59 Å². The highest BCUT2D eigenvalue weighted by Gasteiger charge is 2.69. The van der Waals surface area contributed by atoms with Gasteiger partial charge in [0.2, 0.25) is 0 Å². The van der Waals surface area contributed by atoms with E-state index in [0.29, 0.717) is 0 Å². The lowest BCUT2D eigenvalue weighted by Crippen LogP contribution is -2.79. The van der Waals surface area contributed by atoms with Crippen molar-refractivity contribution in [1.29, 1.82) is 0 Å². The minimum atomic E-state index is -1.11. The summed E-state index contributed by atoms with van der Waals surface area (Å²) in [5.74, 6) is 0. The van der Waals surface area contributed by atoms with Gasteiger partial charge in [-0.15, -0.1) is 0 Å². The van der Waals surface area contributed by atoms with Gasteiger partial charge in [0.15, 0.2) is 11.3 Å². The van der Waals surface area contributed by atoms with Crippen molar-refractivity contribution < 1.29 is 9.59 Å². The molecule has 2 aromatic carbocycles. The zero-order chi connectivity index (χ0) is 17.7. The molecule has 2 heterocycles. The number of fused-ring (bicyclic) bond motifs is 1. The Hall–Kier alpha value is -3.06. The van der Waals surface area contributed by atoms with E-state index in [1.807, 2.05) is 60.7 Å². The lowest BCUT2D eigenvalue weighted by atomic mass is 9.80. The van der Waals surface area contributed by atoms with E-state index in [2.05, 4.69) is 16.2 Å². The average Bonchev–Trinajstić information content (AvgIpc) is 2.83. The SMILES string of the molecule is CN1C(=O)N(C)[C@]2(c3ccccc3)NC(=O)NN[C@@]12c1ccccc1. The Bertz CT molecular complexity index is 828. The van der Waals surface area contributed by atoms with Crippen molar-refractivity contribution in [3.8, 4) is 0 Å². The number of urea groups is 2. The Morgan fingerprint density at radius 3 is 1.80 bits per heavy atom. The highest BCUT2D eigenvalue weighted by Crippen LogP contribution is 2.50. The van der Waals surface area contributed by atoms with Crippen molar-refractivity contribution in [3.63, 3.8) is 0 Å². The van der Waals surface area contributed by atoms with Gasteiger partial charge in [-0.25, -0.2) is 9.59 Å². The molecule has 3 N–H and O–H groups in total. The van der Waals surface area contributed by atoms with Crippen LogP contribution in [0.1, 0.15) is 11.1 Å². The van der Waals surface area contributed by atoms with Crippen LogP contribution in [0, 0.1) is 0 Å². The van der Waals surface area contributed by atoms with Crippen LogP contribution in [0.4, 0.5) is 9.59 Å². The smallest absolute Gasteiger partial charge is 0.306 e. The second-order valence-corrected chi connectivity index (χ2v) is 6.26. The van der Waals surface area contributed by atoms with E-state index in [0.717, 1.165) is 11.1 Å². The highest BCUT2D eigenvalue weighted by molar-refractivity contribution is 5.85. The van der Waals surface area contributed by atoms with Crippen LogP contribution in [0.2, 0.25) is 0 Å². The normalized spacial score (nSPS) is 28.4. The molecule has 128 valence electrons. The van der Waals surface area contributed by atoms with Gasteiger partial charge in [0.05, 0.1) is 0 Å². The summed E-state index contributed by atoms with van der Waals surface area (Å²) in [6, 6.07) is 18.5. The van der Waals surface area contributed by atoms with Crippen LogP contribution in [0.5, 0.6) is 0 Å². The fourth-order valence-corrected chi connectivity index (χ4v) is 4.00. The standard InChI is InChI=1S/C18H19N5O2/c1-22-16(25)23(2)18(14-11-7-4-8-12-14)17(22,19-15(24)20-21-18)13-9-5-3-6-10-13/h3-12,21H,1-2H3,(H2,19,20,24)/t17-,18-/m0/s1. The summed E-state index contributed by atoms with van der Waals surface area (Å²) in [5, 5.41) is 3.01. The summed E-state index contributed by atoms with van der Waals surface area (Å²) in [5.41, 5.74) is 5.28. The number of hydrazine groups is 1. The third-order valence-corrected chi connectivity index (χ3v) is 5.14. The Morgan fingerprint density at radius 1 is 0.760 bits per heavy atom. The topological polar surface area (TPSA) is 76.7 Å². The van der Waals surface area contributed by atoms with Crippen LogP contribution in [0.15, 0.2) is 60.7 Å². The van der Waals surface area contributed by atoms with E-state index in [1.165, 1.54) is 0 Å². The number of amides is 4. The molecule has 0 unspecified atom stereocenters. The molecule has 0 aromatic heterocycles. The van der Waals surface area contributed by atoms with E-state index < -0.39 is 17.4 Å². The summed E-state index contributed by atoms with van der Waals surface area (Å²) >= 11 is 0. The maximum Gasteiger partial charge on any atom is 0.331 e. The minimum Gasteiger partial charge on any atom is -0.306 e. The number of carbonyl (C=O) groups excluding carboxylic acids is 2. The monoisotopic (exact) mass is 337 g/mol. The molecule has 0 spiro atoms. The molecule has 2 aliphatic heterocycles. The summed E-state index contributed by atoms with van der Waals surface area (Å²) in [4.78, 5) is 28.4. The van der Waals surface area contributed by atoms with Gasteiger partial charge in [0, 0.05) is 19.7 Å². The molecular formula is C18H19N5O2. The van der Waals surface area contributed by atoms with Gasteiger partial charge in [-0.3, -0.25) is 15.2 Å². The van der Waals surface area contributed by atoms with Crippen molar-refractivity contribution in [1.82, 2.24) is 26.0 Å². The van der Waals surface area contributed by atoms with Gasteiger partial charge in [0.25, 0.3) is 0 Å². The number of benzene rings is 2.